The van der Waals surface area contributed by atoms with E-state index in [9.17, 15) is 9.18 Å². The van der Waals surface area contributed by atoms with Crippen molar-refractivity contribution in [3.05, 3.63) is 47.4 Å². The third-order valence-corrected chi connectivity index (χ3v) is 5.24. The molecule has 0 unspecified atom stereocenters. The molecule has 0 atom stereocenters. The first kappa shape index (κ1) is 20.1. The average Bonchev–Trinajstić information content (AvgIpc) is 2.69. The molecular formula is C22H28FN3O2. The number of rotatable bonds is 8. The maximum Gasteiger partial charge on any atom is 0.212 e. The monoisotopic (exact) mass is 385 g/mol. The van der Waals surface area contributed by atoms with Crippen LogP contribution in [0.15, 0.2) is 30.5 Å². The molecule has 6 heteroatoms. The topological polar surface area (TPSA) is 54.5 Å². The summed E-state index contributed by atoms with van der Waals surface area (Å²) in [5.41, 5.74) is 2.57. The molecule has 1 aliphatic rings. The number of anilines is 2. The summed E-state index contributed by atoms with van der Waals surface area (Å²) in [6.07, 6.45) is 5.96. The molecule has 3 rings (SSSR count). The van der Waals surface area contributed by atoms with Crippen LogP contribution in [0.5, 0.6) is 5.75 Å². The predicted molar refractivity (Wildman–Crippen MR) is 109 cm³/mol. The summed E-state index contributed by atoms with van der Waals surface area (Å²) in [4.78, 5) is 17.2. The van der Waals surface area contributed by atoms with Crippen LogP contribution < -0.4 is 15.0 Å². The van der Waals surface area contributed by atoms with E-state index in [4.69, 9.17) is 4.74 Å². The molecular weight excluding hydrogens is 357 g/mol. The maximum atomic E-state index is 14.2. The number of aromatic nitrogens is 1. The highest BCUT2D eigenvalue weighted by molar-refractivity contribution is 5.72. The minimum atomic E-state index is -0.147. The van der Waals surface area contributed by atoms with Crippen LogP contribution in [-0.4, -0.2) is 31.1 Å². The van der Waals surface area contributed by atoms with Crippen molar-refractivity contribution in [2.75, 3.05) is 29.9 Å². The molecule has 1 saturated heterocycles. The molecule has 0 bridgehead atoms. The summed E-state index contributed by atoms with van der Waals surface area (Å²) in [6.45, 7) is 6.25. The molecule has 0 radical (unpaired) electrons. The summed E-state index contributed by atoms with van der Waals surface area (Å²) in [6, 6.07) is 7.28. The van der Waals surface area contributed by atoms with Gasteiger partial charge in [-0.1, -0.05) is 19.4 Å². The highest BCUT2D eigenvalue weighted by Gasteiger charge is 2.22. The van der Waals surface area contributed by atoms with Gasteiger partial charge < -0.3 is 15.0 Å². The molecule has 0 spiro atoms. The van der Waals surface area contributed by atoms with Gasteiger partial charge in [-0.25, -0.2) is 9.37 Å². The quantitative estimate of drug-likeness (QED) is 0.687. The van der Waals surface area contributed by atoms with Crippen molar-refractivity contribution in [1.82, 2.24) is 4.98 Å². The SMILES string of the molecule is CCCc1c(OCC2CCN(c3ccc(C)cc3F)CC2)ccnc1NC=O. The number of pyridine rings is 1. The summed E-state index contributed by atoms with van der Waals surface area (Å²) >= 11 is 0. The van der Waals surface area contributed by atoms with Crippen molar-refractivity contribution >= 4 is 17.9 Å². The van der Waals surface area contributed by atoms with Gasteiger partial charge in [-0.2, -0.15) is 0 Å². The van der Waals surface area contributed by atoms with Crippen LogP contribution in [0.4, 0.5) is 15.9 Å². The van der Waals surface area contributed by atoms with Gasteiger partial charge in [0.25, 0.3) is 0 Å². The second kappa shape index (κ2) is 9.53. The fourth-order valence-electron chi connectivity index (χ4n) is 3.70. The van der Waals surface area contributed by atoms with Crippen molar-refractivity contribution in [3.8, 4) is 5.75 Å². The van der Waals surface area contributed by atoms with Gasteiger partial charge in [-0.05, 0) is 55.9 Å². The zero-order valence-electron chi connectivity index (χ0n) is 16.6. The van der Waals surface area contributed by atoms with E-state index in [-0.39, 0.29) is 5.82 Å². The molecule has 0 saturated carbocycles. The Hall–Kier alpha value is -2.63. The number of nitrogens with one attached hydrogen (secondary N) is 1. The fraction of sp³-hybridized carbons (Fsp3) is 0.455. The first-order valence-corrected chi connectivity index (χ1v) is 9.94. The van der Waals surface area contributed by atoms with E-state index in [2.05, 4.69) is 22.1 Å². The summed E-state index contributed by atoms with van der Waals surface area (Å²) in [5.74, 6) is 1.63. The van der Waals surface area contributed by atoms with Crippen LogP contribution in [0.2, 0.25) is 0 Å². The molecule has 0 aliphatic carbocycles. The van der Waals surface area contributed by atoms with Crippen molar-refractivity contribution in [2.24, 2.45) is 5.92 Å². The van der Waals surface area contributed by atoms with Gasteiger partial charge in [0.15, 0.2) is 0 Å². The van der Waals surface area contributed by atoms with Crippen molar-refractivity contribution in [3.63, 3.8) is 0 Å². The largest absolute Gasteiger partial charge is 0.493 e. The molecule has 1 fully saturated rings. The van der Waals surface area contributed by atoms with Gasteiger partial charge in [-0.15, -0.1) is 0 Å². The van der Waals surface area contributed by atoms with E-state index >= 15 is 0 Å². The Balaban J connectivity index is 1.58. The lowest BCUT2D eigenvalue weighted by atomic mass is 9.97. The molecule has 2 heterocycles. The number of ether oxygens (including phenoxy) is 1. The van der Waals surface area contributed by atoms with Crippen LogP contribution in [0, 0.1) is 18.7 Å². The second-order valence-corrected chi connectivity index (χ2v) is 7.34. The minimum Gasteiger partial charge on any atom is -0.493 e. The Morgan fingerprint density at radius 1 is 1.32 bits per heavy atom. The van der Waals surface area contributed by atoms with Crippen LogP contribution in [0.1, 0.15) is 37.3 Å². The minimum absolute atomic E-state index is 0.147. The van der Waals surface area contributed by atoms with Gasteiger partial charge in [-0.3, -0.25) is 4.79 Å². The molecule has 1 aromatic heterocycles. The standard InChI is InChI=1S/C22H28FN3O2/c1-3-4-18-21(7-10-24-22(18)25-15-27)28-14-17-8-11-26(12-9-17)20-6-5-16(2)13-19(20)23/h5-7,10,13,15,17H,3-4,8-9,11-12,14H2,1-2H3,(H,24,25,27). The Morgan fingerprint density at radius 2 is 2.11 bits per heavy atom. The second-order valence-electron chi connectivity index (χ2n) is 7.34. The summed E-state index contributed by atoms with van der Waals surface area (Å²) in [5, 5.41) is 2.66. The maximum absolute atomic E-state index is 14.2. The number of carbonyl (C=O) groups excluding carboxylic acids is 1. The summed E-state index contributed by atoms with van der Waals surface area (Å²) < 4.78 is 20.3. The van der Waals surface area contributed by atoms with E-state index in [0.29, 0.717) is 30.4 Å². The first-order chi connectivity index (χ1) is 13.6. The summed E-state index contributed by atoms with van der Waals surface area (Å²) in [7, 11) is 0. The number of hydrogen-bond acceptors (Lipinski definition) is 4. The van der Waals surface area contributed by atoms with E-state index in [0.717, 1.165) is 55.6 Å². The zero-order chi connectivity index (χ0) is 19.9. The lowest BCUT2D eigenvalue weighted by Gasteiger charge is -2.33. The number of halogens is 1. The average molecular weight is 385 g/mol. The Labute approximate surface area is 165 Å². The lowest BCUT2D eigenvalue weighted by molar-refractivity contribution is -0.105. The number of nitrogens with zero attached hydrogens (tertiary/aromatic N) is 2. The van der Waals surface area contributed by atoms with E-state index in [1.807, 2.05) is 25.1 Å². The highest BCUT2D eigenvalue weighted by atomic mass is 19.1. The zero-order valence-corrected chi connectivity index (χ0v) is 16.6. The van der Waals surface area contributed by atoms with Crippen molar-refractivity contribution in [2.45, 2.75) is 39.5 Å². The number of aryl methyl sites for hydroxylation is 1. The third kappa shape index (κ3) is 4.80. The van der Waals surface area contributed by atoms with Gasteiger partial charge in [0.05, 0.1) is 12.3 Å². The number of hydrogen-bond donors (Lipinski definition) is 1. The van der Waals surface area contributed by atoms with Gasteiger partial charge in [0.1, 0.15) is 17.4 Å². The first-order valence-electron chi connectivity index (χ1n) is 9.94. The molecule has 28 heavy (non-hydrogen) atoms. The highest BCUT2D eigenvalue weighted by Crippen LogP contribution is 2.29. The predicted octanol–water partition coefficient (Wildman–Crippen LogP) is 4.35. The Kier molecular flexibility index (Phi) is 6.85. The molecule has 1 aliphatic heterocycles. The fourth-order valence-corrected chi connectivity index (χ4v) is 3.70. The third-order valence-electron chi connectivity index (χ3n) is 5.24. The molecule has 2 aromatic rings. The molecule has 150 valence electrons. The van der Waals surface area contributed by atoms with Crippen molar-refractivity contribution in [1.29, 1.82) is 0 Å². The van der Waals surface area contributed by atoms with E-state index in [1.165, 1.54) is 0 Å². The van der Waals surface area contributed by atoms with Crippen LogP contribution in [0.3, 0.4) is 0 Å². The Bertz CT molecular complexity index is 804. The smallest absolute Gasteiger partial charge is 0.212 e. The normalized spacial score (nSPS) is 14.8. The van der Waals surface area contributed by atoms with Crippen LogP contribution in [-0.2, 0) is 11.2 Å². The van der Waals surface area contributed by atoms with Gasteiger partial charge in [0, 0.05) is 24.8 Å². The number of piperidine rings is 1. The van der Waals surface area contributed by atoms with Crippen LogP contribution >= 0.6 is 0 Å². The number of benzene rings is 1. The lowest BCUT2D eigenvalue weighted by Crippen LogP contribution is -2.36. The van der Waals surface area contributed by atoms with E-state index < -0.39 is 0 Å². The molecule has 1 aromatic carbocycles. The molecule has 5 nitrogen and oxygen atoms in total. The number of carbonyl (C=O) groups is 1. The molecule has 1 N–H and O–H groups in total. The van der Waals surface area contributed by atoms with Crippen LogP contribution in [0.25, 0.3) is 0 Å². The van der Waals surface area contributed by atoms with Gasteiger partial charge >= 0.3 is 0 Å². The molecule has 1 amide bonds. The van der Waals surface area contributed by atoms with Crippen molar-refractivity contribution < 1.29 is 13.9 Å². The number of amides is 1. The van der Waals surface area contributed by atoms with E-state index in [1.54, 1.807) is 12.3 Å². The Morgan fingerprint density at radius 3 is 2.79 bits per heavy atom. The van der Waals surface area contributed by atoms with Gasteiger partial charge in [0.2, 0.25) is 6.41 Å².